The summed E-state index contributed by atoms with van der Waals surface area (Å²) in [4.78, 5) is 8.64. The average Bonchev–Trinajstić information content (AvgIpc) is 2.40. The molecule has 2 aromatic rings. The Bertz CT molecular complexity index is 544. The van der Waals surface area contributed by atoms with Crippen LogP contribution in [0.25, 0.3) is 11.4 Å². The van der Waals surface area contributed by atoms with Gasteiger partial charge in [-0.05, 0) is 24.6 Å². The molecule has 0 radical (unpaired) electrons. The molecular weight excluding hydrogens is 269 g/mol. The van der Waals surface area contributed by atoms with Crippen LogP contribution < -0.4 is 5.32 Å². The maximum atomic E-state index is 6.15. The summed E-state index contributed by atoms with van der Waals surface area (Å²) in [5.41, 5.74) is 0.740. The molecule has 1 N–H and O–H groups in total. The highest BCUT2D eigenvalue weighted by molar-refractivity contribution is 6.43. The van der Waals surface area contributed by atoms with Crippen LogP contribution in [0.2, 0.25) is 10.0 Å². The molecular formula is C13H13Cl2N3. The lowest BCUT2D eigenvalue weighted by molar-refractivity contribution is 0.966. The van der Waals surface area contributed by atoms with E-state index in [1.807, 2.05) is 18.2 Å². The Labute approximate surface area is 116 Å². The molecule has 0 aliphatic rings. The van der Waals surface area contributed by atoms with Gasteiger partial charge in [-0.1, -0.05) is 36.2 Å². The fourth-order valence-corrected chi connectivity index (χ4v) is 1.90. The van der Waals surface area contributed by atoms with Crippen LogP contribution >= 0.6 is 23.2 Å². The summed E-state index contributed by atoms with van der Waals surface area (Å²) in [6.45, 7) is 2.97. The third-order valence-corrected chi connectivity index (χ3v) is 3.22. The molecule has 2 rings (SSSR count). The zero-order chi connectivity index (χ0) is 13.0. The van der Waals surface area contributed by atoms with Gasteiger partial charge < -0.3 is 5.32 Å². The van der Waals surface area contributed by atoms with Gasteiger partial charge in [-0.2, -0.15) is 0 Å². The van der Waals surface area contributed by atoms with Gasteiger partial charge in [0.15, 0.2) is 5.82 Å². The number of aromatic nitrogens is 2. The van der Waals surface area contributed by atoms with E-state index < -0.39 is 0 Å². The first-order valence-electron chi connectivity index (χ1n) is 5.73. The number of hydrogen-bond acceptors (Lipinski definition) is 3. The largest absolute Gasteiger partial charge is 0.370 e. The van der Waals surface area contributed by atoms with E-state index in [1.165, 1.54) is 0 Å². The molecule has 5 heteroatoms. The van der Waals surface area contributed by atoms with Gasteiger partial charge in [-0.15, -0.1) is 0 Å². The third kappa shape index (κ3) is 2.92. The molecule has 0 aliphatic carbocycles. The van der Waals surface area contributed by atoms with E-state index in [4.69, 9.17) is 23.2 Å². The van der Waals surface area contributed by atoms with Gasteiger partial charge in [0.05, 0.1) is 10.0 Å². The summed E-state index contributed by atoms with van der Waals surface area (Å²) in [7, 11) is 0. The molecule has 0 saturated heterocycles. The van der Waals surface area contributed by atoms with Crippen molar-refractivity contribution in [3.8, 4) is 11.4 Å². The first-order chi connectivity index (χ1) is 8.72. The molecule has 0 amide bonds. The lowest BCUT2D eigenvalue weighted by atomic mass is 10.2. The molecule has 3 nitrogen and oxygen atoms in total. The second-order valence-electron chi connectivity index (χ2n) is 3.79. The summed E-state index contributed by atoms with van der Waals surface area (Å²) in [6, 6.07) is 7.26. The fourth-order valence-electron chi connectivity index (χ4n) is 1.52. The molecule has 94 valence electrons. The molecule has 0 aliphatic heterocycles. The van der Waals surface area contributed by atoms with E-state index in [9.17, 15) is 0 Å². The van der Waals surface area contributed by atoms with Crippen molar-refractivity contribution in [1.29, 1.82) is 0 Å². The molecule has 1 aromatic heterocycles. The molecule has 1 aromatic carbocycles. The van der Waals surface area contributed by atoms with Gasteiger partial charge in [-0.3, -0.25) is 0 Å². The van der Waals surface area contributed by atoms with Crippen LogP contribution in [0.5, 0.6) is 0 Å². The first kappa shape index (κ1) is 13.1. The van der Waals surface area contributed by atoms with Crippen LogP contribution in [0, 0.1) is 0 Å². The van der Waals surface area contributed by atoms with Crippen molar-refractivity contribution in [2.75, 3.05) is 11.9 Å². The topological polar surface area (TPSA) is 37.8 Å². The quantitative estimate of drug-likeness (QED) is 0.909. The van der Waals surface area contributed by atoms with Crippen molar-refractivity contribution in [3.05, 3.63) is 40.5 Å². The fraction of sp³-hybridized carbons (Fsp3) is 0.231. The monoisotopic (exact) mass is 281 g/mol. The third-order valence-electron chi connectivity index (χ3n) is 2.40. The smallest absolute Gasteiger partial charge is 0.163 e. The Morgan fingerprint density at radius 3 is 2.83 bits per heavy atom. The lowest BCUT2D eigenvalue weighted by Gasteiger charge is -2.07. The summed E-state index contributed by atoms with van der Waals surface area (Å²) in [6.07, 6.45) is 2.74. The van der Waals surface area contributed by atoms with Crippen molar-refractivity contribution in [2.24, 2.45) is 0 Å². The molecule has 0 fully saturated rings. The molecule has 1 heterocycles. The molecule has 0 atom stereocenters. The highest BCUT2D eigenvalue weighted by Gasteiger charge is 2.09. The van der Waals surface area contributed by atoms with E-state index in [0.29, 0.717) is 15.9 Å². The zero-order valence-electron chi connectivity index (χ0n) is 9.95. The maximum absolute atomic E-state index is 6.15. The summed E-state index contributed by atoms with van der Waals surface area (Å²) >= 11 is 12.1. The Morgan fingerprint density at radius 2 is 2.06 bits per heavy atom. The summed E-state index contributed by atoms with van der Waals surface area (Å²) in [5.74, 6) is 1.36. The predicted molar refractivity (Wildman–Crippen MR) is 76.3 cm³/mol. The Morgan fingerprint density at radius 1 is 1.22 bits per heavy atom. The van der Waals surface area contributed by atoms with Crippen LogP contribution in [0.15, 0.2) is 30.5 Å². The van der Waals surface area contributed by atoms with Gasteiger partial charge in [0, 0.05) is 18.3 Å². The van der Waals surface area contributed by atoms with Gasteiger partial charge in [-0.25, -0.2) is 9.97 Å². The summed E-state index contributed by atoms with van der Waals surface area (Å²) < 4.78 is 0. The van der Waals surface area contributed by atoms with Crippen molar-refractivity contribution in [1.82, 2.24) is 9.97 Å². The Hall–Kier alpha value is -1.32. The number of rotatable bonds is 4. The van der Waals surface area contributed by atoms with E-state index in [2.05, 4.69) is 22.2 Å². The minimum Gasteiger partial charge on any atom is -0.370 e. The number of hydrogen-bond donors (Lipinski definition) is 1. The van der Waals surface area contributed by atoms with Gasteiger partial charge in [0.25, 0.3) is 0 Å². The Kier molecular flexibility index (Phi) is 4.39. The Balaban J connectivity index is 2.35. The highest BCUT2D eigenvalue weighted by atomic mass is 35.5. The van der Waals surface area contributed by atoms with Crippen LogP contribution in [0.4, 0.5) is 5.82 Å². The molecule has 0 spiro atoms. The highest BCUT2D eigenvalue weighted by Crippen LogP contribution is 2.31. The standard InChI is InChI=1S/C13H13Cl2N3/c1-2-7-16-11-6-8-17-13(18-11)9-4-3-5-10(14)12(9)15/h3-6,8H,2,7H2,1H3,(H,16,17,18). The second-order valence-corrected chi connectivity index (χ2v) is 4.58. The van der Waals surface area contributed by atoms with Crippen LogP contribution in [-0.2, 0) is 0 Å². The van der Waals surface area contributed by atoms with E-state index in [-0.39, 0.29) is 0 Å². The SMILES string of the molecule is CCCNc1ccnc(-c2cccc(Cl)c2Cl)n1. The molecule has 0 saturated carbocycles. The average molecular weight is 282 g/mol. The number of nitrogens with one attached hydrogen (secondary N) is 1. The van der Waals surface area contributed by atoms with Crippen molar-refractivity contribution in [3.63, 3.8) is 0 Å². The lowest BCUT2D eigenvalue weighted by Crippen LogP contribution is -2.03. The van der Waals surface area contributed by atoms with Gasteiger partial charge >= 0.3 is 0 Å². The normalized spacial score (nSPS) is 10.4. The molecule has 0 unspecified atom stereocenters. The van der Waals surface area contributed by atoms with Crippen molar-refractivity contribution < 1.29 is 0 Å². The maximum Gasteiger partial charge on any atom is 0.163 e. The number of anilines is 1. The minimum absolute atomic E-state index is 0.479. The summed E-state index contributed by atoms with van der Waals surface area (Å²) in [5, 5.41) is 4.19. The van der Waals surface area contributed by atoms with E-state index >= 15 is 0 Å². The number of nitrogens with zero attached hydrogens (tertiary/aromatic N) is 2. The van der Waals surface area contributed by atoms with E-state index in [0.717, 1.165) is 24.3 Å². The first-order valence-corrected chi connectivity index (χ1v) is 6.49. The number of benzene rings is 1. The molecule has 0 bridgehead atoms. The predicted octanol–water partition coefficient (Wildman–Crippen LogP) is 4.27. The van der Waals surface area contributed by atoms with Crippen LogP contribution in [0.1, 0.15) is 13.3 Å². The number of halogens is 2. The minimum atomic E-state index is 0.479. The second kappa shape index (κ2) is 6.03. The van der Waals surface area contributed by atoms with Gasteiger partial charge in [0.2, 0.25) is 0 Å². The zero-order valence-corrected chi connectivity index (χ0v) is 11.5. The van der Waals surface area contributed by atoms with Crippen LogP contribution in [0.3, 0.4) is 0 Å². The van der Waals surface area contributed by atoms with E-state index in [1.54, 1.807) is 12.3 Å². The molecule has 18 heavy (non-hydrogen) atoms. The van der Waals surface area contributed by atoms with Gasteiger partial charge in [0.1, 0.15) is 5.82 Å². The van der Waals surface area contributed by atoms with Crippen molar-refractivity contribution in [2.45, 2.75) is 13.3 Å². The van der Waals surface area contributed by atoms with Crippen LogP contribution in [-0.4, -0.2) is 16.5 Å². The van der Waals surface area contributed by atoms with Crippen molar-refractivity contribution >= 4 is 29.0 Å².